The summed E-state index contributed by atoms with van der Waals surface area (Å²) < 4.78 is 3.71. The molecule has 1 atom stereocenters. The van der Waals surface area contributed by atoms with Gasteiger partial charge < -0.3 is 9.47 Å². The minimum Gasteiger partial charge on any atom is -0.312 e. The van der Waals surface area contributed by atoms with E-state index in [-0.39, 0.29) is 22.8 Å². The van der Waals surface area contributed by atoms with Gasteiger partial charge in [-0.1, -0.05) is 6.07 Å². The van der Waals surface area contributed by atoms with E-state index in [4.69, 9.17) is 0 Å². The van der Waals surface area contributed by atoms with Crippen molar-refractivity contribution in [2.24, 2.45) is 14.1 Å². The Kier molecular flexibility index (Phi) is 3.87. The van der Waals surface area contributed by atoms with Gasteiger partial charge >= 0.3 is 5.69 Å². The van der Waals surface area contributed by atoms with Gasteiger partial charge in [-0.2, -0.15) is 0 Å². The Morgan fingerprint density at radius 2 is 1.93 bits per heavy atom. The van der Waals surface area contributed by atoms with Crippen molar-refractivity contribution in [2.75, 3.05) is 11.4 Å². The fourth-order valence-electron chi connectivity index (χ4n) is 3.55. The Morgan fingerprint density at radius 3 is 2.64 bits per heavy atom. The molecule has 11 heteroatoms. The Labute approximate surface area is 157 Å². The van der Waals surface area contributed by atoms with Crippen LogP contribution in [0.15, 0.2) is 40.2 Å². The van der Waals surface area contributed by atoms with E-state index in [0.717, 1.165) is 4.57 Å². The number of carbonyl (C=O) groups is 1. The number of carbonyl (C=O) groups excluding carboxylic acids is 1. The van der Waals surface area contributed by atoms with E-state index in [2.05, 4.69) is 4.98 Å². The Hall–Kier alpha value is -3.76. The number of imidazole rings is 1. The van der Waals surface area contributed by atoms with E-state index in [0.29, 0.717) is 18.7 Å². The van der Waals surface area contributed by atoms with Gasteiger partial charge in [-0.25, -0.2) is 9.78 Å². The van der Waals surface area contributed by atoms with Gasteiger partial charge in [0.1, 0.15) is 6.04 Å². The molecule has 0 N–H and O–H groups in total. The van der Waals surface area contributed by atoms with Crippen molar-refractivity contribution in [3.63, 3.8) is 0 Å². The highest BCUT2D eigenvalue weighted by atomic mass is 16.6. The normalized spacial score (nSPS) is 16.9. The number of aryl methyl sites for hydroxylation is 1. The van der Waals surface area contributed by atoms with Crippen LogP contribution in [0.2, 0.25) is 0 Å². The summed E-state index contributed by atoms with van der Waals surface area (Å²) in [7, 11) is 2.88. The van der Waals surface area contributed by atoms with Crippen molar-refractivity contribution in [1.29, 1.82) is 0 Å². The molecule has 2 aromatic heterocycles. The minimum atomic E-state index is -0.686. The number of amides is 1. The third-order valence-electron chi connectivity index (χ3n) is 5.04. The van der Waals surface area contributed by atoms with Gasteiger partial charge in [0.15, 0.2) is 11.2 Å². The highest BCUT2D eigenvalue weighted by Gasteiger charge is 2.36. The zero-order valence-corrected chi connectivity index (χ0v) is 15.1. The van der Waals surface area contributed by atoms with E-state index < -0.39 is 22.2 Å². The summed E-state index contributed by atoms with van der Waals surface area (Å²) in [6.45, 7) is 0.344. The molecule has 1 amide bonds. The summed E-state index contributed by atoms with van der Waals surface area (Å²) in [6.07, 6.45) is 1.78. The van der Waals surface area contributed by atoms with E-state index in [1.54, 1.807) is 6.07 Å². The van der Waals surface area contributed by atoms with E-state index in [9.17, 15) is 24.5 Å². The number of hydrogen-bond acceptors (Lipinski definition) is 6. The molecular formula is C17H16N6O5. The molecular weight excluding hydrogens is 368 g/mol. The van der Waals surface area contributed by atoms with Crippen LogP contribution in [0.5, 0.6) is 0 Å². The zero-order valence-electron chi connectivity index (χ0n) is 15.1. The van der Waals surface area contributed by atoms with Crippen molar-refractivity contribution >= 4 is 28.4 Å². The largest absolute Gasteiger partial charge is 0.332 e. The molecule has 1 aliphatic rings. The molecule has 1 saturated heterocycles. The molecule has 0 saturated carbocycles. The Balaban J connectivity index is 1.78. The molecule has 28 heavy (non-hydrogen) atoms. The molecule has 0 spiro atoms. The van der Waals surface area contributed by atoms with Gasteiger partial charge in [0.25, 0.3) is 11.2 Å². The number of anilines is 1. The average Bonchev–Trinajstić information content (AvgIpc) is 3.28. The fraction of sp³-hybridized carbons (Fsp3) is 0.294. The van der Waals surface area contributed by atoms with Gasteiger partial charge in [0.05, 0.1) is 16.9 Å². The minimum absolute atomic E-state index is 0.106. The highest BCUT2D eigenvalue weighted by molar-refractivity contribution is 5.99. The predicted molar refractivity (Wildman–Crippen MR) is 99.3 cm³/mol. The second-order valence-corrected chi connectivity index (χ2v) is 6.60. The summed E-state index contributed by atoms with van der Waals surface area (Å²) in [6, 6.07) is 5.16. The van der Waals surface area contributed by atoms with Gasteiger partial charge in [-0.15, -0.1) is 0 Å². The molecule has 144 valence electrons. The fourth-order valence-corrected chi connectivity index (χ4v) is 3.55. The van der Waals surface area contributed by atoms with Crippen molar-refractivity contribution in [3.8, 4) is 0 Å². The van der Waals surface area contributed by atoms with Crippen LogP contribution in [-0.4, -0.2) is 36.1 Å². The summed E-state index contributed by atoms with van der Waals surface area (Å²) in [5.74, 6) is -0.296. The van der Waals surface area contributed by atoms with E-state index in [1.165, 1.54) is 52.7 Å². The van der Waals surface area contributed by atoms with Crippen LogP contribution in [0.25, 0.3) is 11.2 Å². The van der Waals surface area contributed by atoms with E-state index in [1.807, 2.05) is 0 Å². The molecule has 0 aliphatic carbocycles. The molecule has 11 nitrogen and oxygen atoms in total. The lowest BCUT2D eigenvalue weighted by Crippen LogP contribution is -2.38. The van der Waals surface area contributed by atoms with Gasteiger partial charge in [0, 0.05) is 32.8 Å². The first-order valence-electron chi connectivity index (χ1n) is 8.49. The smallest absolute Gasteiger partial charge is 0.312 e. The van der Waals surface area contributed by atoms with Crippen LogP contribution in [-0.2, 0) is 18.9 Å². The topological polar surface area (TPSA) is 125 Å². The summed E-state index contributed by atoms with van der Waals surface area (Å²) in [5.41, 5.74) is -0.341. The van der Waals surface area contributed by atoms with Crippen molar-refractivity contribution in [2.45, 2.75) is 12.5 Å². The number of non-ortho nitro benzene ring substituents is 1. The molecule has 1 aliphatic heterocycles. The summed E-state index contributed by atoms with van der Waals surface area (Å²) in [4.78, 5) is 53.8. The van der Waals surface area contributed by atoms with Crippen LogP contribution in [0, 0.1) is 10.1 Å². The molecule has 0 radical (unpaired) electrons. The summed E-state index contributed by atoms with van der Waals surface area (Å²) >= 11 is 0. The number of benzene rings is 1. The quantitative estimate of drug-likeness (QED) is 0.473. The number of nitro groups is 1. The number of rotatable bonds is 3. The maximum atomic E-state index is 13.0. The van der Waals surface area contributed by atoms with Crippen molar-refractivity contribution in [3.05, 3.63) is 61.5 Å². The predicted octanol–water partition coefficient (Wildman–Crippen LogP) is 0.320. The molecule has 1 aromatic carbocycles. The van der Waals surface area contributed by atoms with Gasteiger partial charge in [-0.05, 0) is 12.5 Å². The third-order valence-corrected chi connectivity index (χ3v) is 5.04. The molecule has 4 rings (SSSR count). The first kappa shape index (κ1) is 17.6. The number of nitro benzene ring substituents is 1. The SMILES string of the molecule is Cn1c(=O)c2c(ncn2C2CCN(c3cccc([N+](=O)[O-])c3)C2=O)n(C)c1=O. The maximum Gasteiger partial charge on any atom is 0.332 e. The second-order valence-electron chi connectivity index (χ2n) is 6.60. The molecule has 1 fully saturated rings. The average molecular weight is 384 g/mol. The second kappa shape index (κ2) is 6.15. The van der Waals surface area contributed by atoms with Crippen molar-refractivity contribution in [1.82, 2.24) is 18.7 Å². The van der Waals surface area contributed by atoms with Crippen LogP contribution in [0.1, 0.15) is 12.5 Å². The van der Waals surface area contributed by atoms with Crippen LogP contribution < -0.4 is 16.1 Å². The maximum absolute atomic E-state index is 13.0. The molecule has 1 unspecified atom stereocenters. The lowest BCUT2D eigenvalue weighted by Gasteiger charge is -2.17. The Bertz CT molecular complexity index is 1250. The number of nitrogens with zero attached hydrogens (tertiary/aromatic N) is 6. The first-order chi connectivity index (χ1) is 13.3. The lowest BCUT2D eigenvalue weighted by molar-refractivity contribution is -0.384. The van der Waals surface area contributed by atoms with Gasteiger partial charge in [-0.3, -0.25) is 28.8 Å². The molecule has 3 heterocycles. The van der Waals surface area contributed by atoms with Crippen molar-refractivity contribution < 1.29 is 9.72 Å². The molecule has 3 aromatic rings. The number of fused-ring (bicyclic) bond motifs is 1. The van der Waals surface area contributed by atoms with Gasteiger partial charge in [0.2, 0.25) is 5.91 Å². The summed E-state index contributed by atoms with van der Waals surface area (Å²) in [5, 5.41) is 11.0. The highest BCUT2D eigenvalue weighted by Crippen LogP contribution is 2.31. The number of hydrogen-bond donors (Lipinski definition) is 0. The standard InChI is InChI=1S/C17H16N6O5/c1-19-14-13(16(25)20(2)17(19)26)22(9-18-14)12-6-7-21(15(12)24)10-4-3-5-11(8-10)23(27)28/h3-5,8-9,12H,6-7H2,1-2H3. The lowest BCUT2D eigenvalue weighted by atomic mass is 10.2. The number of aromatic nitrogens is 4. The first-order valence-corrected chi connectivity index (χ1v) is 8.49. The van der Waals surface area contributed by atoms with Crippen LogP contribution >= 0.6 is 0 Å². The Morgan fingerprint density at radius 1 is 1.18 bits per heavy atom. The van der Waals surface area contributed by atoms with Crippen LogP contribution in [0.4, 0.5) is 11.4 Å². The monoisotopic (exact) mass is 384 g/mol. The molecule has 0 bridgehead atoms. The zero-order chi connectivity index (χ0) is 20.2. The van der Waals surface area contributed by atoms with Crippen LogP contribution in [0.3, 0.4) is 0 Å². The van der Waals surface area contributed by atoms with E-state index >= 15 is 0 Å². The third kappa shape index (κ3) is 2.43.